The monoisotopic (exact) mass is 646 g/mol. The van der Waals surface area contributed by atoms with Crippen molar-refractivity contribution in [2.45, 2.75) is 44.4 Å². The van der Waals surface area contributed by atoms with Gasteiger partial charge in [-0.25, -0.2) is 8.42 Å². The summed E-state index contributed by atoms with van der Waals surface area (Å²) in [6, 6.07) is 17.9. The zero-order chi connectivity index (χ0) is 32.7. The van der Waals surface area contributed by atoms with Gasteiger partial charge < -0.3 is 19.7 Å². The Balaban J connectivity index is 1.08. The number of benzene rings is 2. The first-order valence-electron chi connectivity index (χ1n) is 15.2. The van der Waals surface area contributed by atoms with E-state index in [0.29, 0.717) is 54.2 Å². The predicted molar refractivity (Wildman–Crippen MR) is 172 cm³/mol. The Labute approximate surface area is 269 Å². The molecule has 0 saturated carbocycles. The molecule has 1 aromatic heterocycles. The third-order valence-electron chi connectivity index (χ3n) is 8.16. The molecule has 46 heavy (non-hydrogen) atoms. The van der Waals surface area contributed by atoms with Crippen LogP contribution in [0.1, 0.15) is 57.7 Å². The summed E-state index contributed by atoms with van der Waals surface area (Å²) < 4.78 is 37.5. The van der Waals surface area contributed by atoms with E-state index in [4.69, 9.17) is 14.7 Å². The van der Waals surface area contributed by atoms with Gasteiger partial charge in [0.2, 0.25) is 10.0 Å². The van der Waals surface area contributed by atoms with Crippen molar-refractivity contribution in [3.8, 4) is 17.6 Å². The first-order chi connectivity index (χ1) is 22.1. The van der Waals surface area contributed by atoms with E-state index in [9.17, 15) is 18.0 Å². The maximum atomic E-state index is 13.2. The molecule has 2 aliphatic rings. The van der Waals surface area contributed by atoms with Crippen LogP contribution >= 0.6 is 0 Å². The highest BCUT2D eigenvalue weighted by molar-refractivity contribution is 7.92. The molecule has 2 aromatic carbocycles. The summed E-state index contributed by atoms with van der Waals surface area (Å²) >= 11 is 0. The van der Waals surface area contributed by atoms with Crippen molar-refractivity contribution in [3.63, 3.8) is 0 Å². The average molecular weight is 647 g/mol. The first-order valence-corrected chi connectivity index (χ1v) is 17.1. The molecule has 0 bridgehead atoms. The summed E-state index contributed by atoms with van der Waals surface area (Å²) in [4.78, 5) is 34.4. The van der Waals surface area contributed by atoms with Crippen molar-refractivity contribution in [1.29, 1.82) is 5.26 Å². The minimum atomic E-state index is -3.53. The molecule has 5 rings (SSSR count). The Hall–Kier alpha value is -4.67. The van der Waals surface area contributed by atoms with Crippen molar-refractivity contribution in [3.05, 3.63) is 83.2 Å². The number of likely N-dealkylation sites (tertiary alicyclic amines) is 2. The van der Waals surface area contributed by atoms with Crippen LogP contribution in [0.15, 0.2) is 60.8 Å². The number of hydrogen-bond donors (Lipinski definition) is 2. The van der Waals surface area contributed by atoms with Crippen LogP contribution in [0.5, 0.6) is 11.5 Å². The maximum Gasteiger partial charge on any atom is 0.272 e. The number of nitrogens with one attached hydrogen (secondary N) is 2. The van der Waals surface area contributed by atoms with Crippen molar-refractivity contribution in [2.75, 3.05) is 44.3 Å². The number of hydrogen-bond acceptors (Lipinski definition) is 9. The van der Waals surface area contributed by atoms with Crippen molar-refractivity contribution in [2.24, 2.45) is 0 Å². The smallest absolute Gasteiger partial charge is 0.272 e. The Bertz CT molecular complexity index is 1670. The lowest BCUT2D eigenvalue weighted by molar-refractivity contribution is 0.0590. The van der Waals surface area contributed by atoms with Gasteiger partial charge in [0, 0.05) is 63.9 Å². The molecule has 0 aliphatic carbocycles. The van der Waals surface area contributed by atoms with E-state index < -0.39 is 10.0 Å². The molecule has 3 aromatic rings. The number of ether oxygens (including phenoxy) is 2. The number of nitriles is 1. The zero-order valence-corrected chi connectivity index (χ0v) is 26.8. The number of pyridine rings is 1. The van der Waals surface area contributed by atoms with Gasteiger partial charge in [-0.3, -0.25) is 24.2 Å². The zero-order valence-electron chi connectivity index (χ0n) is 25.9. The van der Waals surface area contributed by atoms with Gasteiger partial charge in [0.15, 0.2) is 0 Å². The summed E-state index contributed by atoms with van der Waals surface area (Å²) in [5.41, 5.74) is 2.77. The van der Waals surface area contributed by atoms with E-state index >= 15 is 0 Å². The van der Waals surface area contributed by atoms with Crippen LogP contribution in [-0.4, -0.2) is 86.7 Å². The van der Waals surface area contributed by atoms with Crippen LogP contribution in [0.4, 0.5) is 5.69 Å². The molecule has 0 unspecified atom stereocenters. The van der Waals surface area contributed by atoms with Gasteiger partial charge in [-0.05, 0) is 54.8 Å². The van der Waals surface area contributed by atoms with Crippen molar-refractivity contribution < 1.29 is 27.5 Å². The lowest BCUT2D eigenvalue weighted by Gasteiger charge is -2.32. The van der Waals surface area contributed by atoms with Crippen molar-refractivity contribution >= 4 is 27.5 Å². The number of methoxy groups -OCH3 is 1. The Morgan fingerprint density at radius 2 is 1.72 bits per heavy atom. The van der Waals surface area contributed by atoms with Crippen LogP contribution in [0.2, 0.25) is 0 Å². The molecule has 12 nitrogen and oxygen atoms in total. The Morgan fingerprint density at radius 1 is 1.00 bits per heavy atom. The van der Waals surface area contributed by atoms with Crippen LogP contribution in [0, 0.1) is 11.3 Å². The lowest BCUT2D eigenvalue weighted by atomic mass is 10.0. The average Bonchev–Trinajstić information content (AvgIpc) is 3.06. The standard InChI is InChI=1S/C33H38N6O6S/c1-44-28-8-10-31(30(19-28)37-46(2,42)43)45-27-13-17-39(18-14-27)33(41)29-9-7-25(21-35-29)32(40)36-26-11-15-38(16-12-26)22-24-5-3-23(20-34)4-6-24/h3-10,19,21,26-27,37H,11-18,22H2,1-2H3,(H,36,40). The number of aromatic nitrogens is 1. The van der Waals surface area contributed by atoms with Crippen LogP contribution in [-0.2, 0) is 16.6 Å². The number of piperidine rings is 2. The third kappa shape index (κ3) is 8.74. The van der Waals surface area contributed by atoms with Gasteiger partial charge >= 0.3 is 0 Å². The Morgan fingerprint density at radius 3 is 2.33 bits per heavy atom. The fourth-order valence-electron chi connectivity index (χ4n) is 5.64. The second-order valence-electron chi connectivity index (χ2n) is 11.6. The van der Waals surface area contributed by atoms with Gasteiger partial charge in [-0.1, -0.05) is 12.1 Å². The first kappa shape index (κ1) is 32.7. The highest BCUT2D eigenvalue weighted by Gasteiger charge is 2.27. The van der Waals surface area contributed by atoms with E-state index in [1.54, 1.807) is 35.2 Å². The maximum absolute atomic E-state index is 13.2. The minimum absolute atomic E-state index is 0.0608. The molecule has 3 heterocycles. The number of carbonyl (C=O) groups is 2. The quantitative estimate of drug-likeness (QED) is 0.337. The van der Waals surface area contributed by atoms with Crippen LogP contribution in [0.25, 0.3) is 0 Å². The van der Waals surface area contributed by atoms with Gasteiger partial charge in [-0.2, -0.15) is 5.26 Å². The molecular weight excluding hydrogens is 608 g/mol. The van der Waals surface area contributed by atoms with E-state index in [2.05, 4.69) is 26.0 Å². The second-order valence-corrected chi connectivity index (χ2v) is 13.4. The molecule has 2 saturated heterocycles. The number of sulfonamides is 1. The summed E-state index contributed by atoms with van der Waals surface area (Å²) in [5.74, 6) is 0.454. The lowest BCUT2D eigenvalue weighted by Crippen LogP contribution is -2.44. The van der Waals surface area contributed by atoms with Gasteiger partial charge in [0.25, 0.3) is 11.8 Å². The number of carbonyl (C=O) groups excluding carboxylic acids is 2. The molecule has 2 N–H and O–H groups in total. The van der Waals surface area contributed by atoms with E-state index in [1.165, 1.54) is 13.3 Å². The summed E-state index contributed by atoms with van der Waals surface area (Å²) in [6.07, 6.45) is 5.09. The number of anilines is 1. The SMILES string of the molecule is COc1ccc(OC2CCN(C(=O)c3ccc(C(=O)NC4CCN(Cc5ccc(C#N)cc5)CC4)cn3)CC2)c(NS(C)(=O)=O)c1. The van der Waals surface area contributed by atoms with E-state index in [0.717, 1.165) is 44.3 Å². The highest BCUT2D eigenvalue weighted by Crippen LogP contribution is 2.32. The molecule has 0 spiro atoms. The topological polar surface area (TPSA) is 154 Å². The van der Waals surface area contributed by atoms with Gasteiger partial charge in [0.1, 0.15) is 23.3 Å². The summed E-state index contributed by atoms with van der Waals surface area (Å²) in [7, 11) is -2.03. The number of amides is 2. The van der Waals surface area contributed by atoms with Crippen LogP contribution < -0.4 is 19.5 Å². The minimum Gasteiger partial charge on any atom is -0.497 e. The largest absolute Gasteiger partial charge is 0.497 e. The molecule has 2 amide bonds. The van der Waals surface area contributed by atoms with Crippen LogP contribution in [0.3, 0.4) is 0 Å². The molecule has 2 aliphatic heterocycles. The fraction of sp³-hybridized carbons (Fsp3) is 0.394. The van der Waals surface area contributed by atoms with E-state index in [-0.39, 0.29) is 29.7 Å². The van der Waals surface area contributed by atoms with Crippen molar-refractivity contribution in [1.82, 2.24) is 20.1 Å². The van der Waals surface area contributed by atoms with E-state index in [1.807, 2.05) is 24.3 Å². The molecule has 2 fully saturated rings. The second kappa shape index (κ2) is 14.6. The normalized spacial score (nSPS) is 16.3. The van der Waals surface area contributed by atoms with Gasteiger partial charge in [0.05, 0.1) is 36.2 Å². The molecule has 13 heteroatoms. The number of nitrogens with zero attached hydrogens (tertiary/aromatic N) is 4. The molecule has 0 atom stereocenters. The predicted octanol–water partition coefficient (Wildman–Crippen LogP) is 3.41. The third-order valence-corrected chi connectivity index (χ3v) is 8.75. The fourth-order valence-corrected chi connectivity index (χ4v) is 6.20. The molecule has 0 radical (unpaired) electrons. The highest BCUT2D eigenvalue weighted by atomic mass is 32.2. The molecule has 242 valence electrons. The summed E-state index contributed by atoms with van der Waals surface area (Å²) in [6.45, 7) is 3.42. The Kier molecular flexibility index (Phi) is 10.4. The summed E-state index contributed by atoms with van der Waals surface area (Å²) in [5, 5.41) is 12.1. The molecular formula is C33H38N6O6S. The van der Waals surface area contributed by atoms with Gasteiger partial charge in [-0.15, -0.1) is 0 Å². The number of rotatable bonds is 10.